The van der Waals surface area contributed by atoms with E-state index in [2.05, 4.69) is 31.4 Å². The Morgan fingerprint density at radius 3 is 2.61 bits per heavy atom. The minimum atomic E-state index is -0.0711. The predicted octanol–water partition coefficient (Wildman–Crippen LogP) is 3.30. The average Bonchev–Trinajstić information content (AvgIpc) is 2.37. The van der Waals surface area contributed by atoms with Crippen molar-refractivity contribution in [3.05, 3.63) is 29.3 Å². The maximum absolute atomic E-state index is 11.7. The zero-order valence-electron chi connectivity index (χ0n) is 11.2. The van der Waals surface area contributed by atoms with E-state index in [-0.39, 0.29) is 5.91 Å². The summed E-state index contributed by atoms with van der Waals surface area (Å²) in [6.07, 6.45) is 1.10. The van der Waals surface area contributed by atoms with Gasteiger partial charge in [0, 0.05) is 6.04 Å². The molecule has 0 saturated carbocycles. The molecule has 1 aromatic rings. The Hall–Kier alpha value is -1.06. The van der Waals surface area contributed by atoms with Crippen LogP contribution in [0.1, 0.15) is 27.2 Å². The second kappa shape index (κ2) is 7.39. The number of carbonyl (C=O) groups is 1. The molecule has 0 radical (unpaired) electrons. The van der Waals surface area contributed by atoms with Gasteiger partial charge in [0.05, 0.1) is 17.3 Å². The summed E-state index contributed by atoms with van der Waals surface area (Å²) >= 11 is 5.97. The van der Waals surface area contributed by atoms with Gasteiger partial charge in [-0.05, 0) is 25.0 Å². The van der Waals surface area contributed by atoms with Gasteiger partial charge in [-0.2, -0.15) is 0 Å². The number of amides is 1. The topological polar surface area (TPSA) is 41.1 Å². The molecule has 0 aliphatic heterocycles. The Balaban J connectivity index is 2.41. The van der Waals surface area contributed by atoms with E-state index in [4.69, 9.17) is 11.6 Å². The van der Waals surface area contributed by atoms with Gasteiger partial charge in [-0.25, -0.2) is 0 Å². The quantitative estimate of drug-likeness (QED) is 0.831. The zero-order valence-corrected chi connectivity index (χ0v) is 11.9. The highest BCUT2D eigenvalue weighted by molar-refractivity contribution is 6.33. The fourth-order valence-electron chi connectivity index (χ4n) is 1.57. The second-order valence-electron chi connectivity index (χ2n) is 4.58. The zero-order chi connectivity index (χ0) is 13.5. The number of rotatable bonds is 6. The monoisotopic (exact) mass is 268 g/mol. The van der Waals surface area contributed by atoms with Crippen LogP contribution < -0.4 is 10.6 Å². The Morgan fingerprint density at radius 1 is 1.33 bits per heavy atom. The van der Waals surface area contributed by atoms with Crippen molar-refractivity contribution in [3.8, 4) is 0 Å². The van der Waals surface area contributed by atoms with E-state index < -0.39 is 0 Å². The minimum Gasteiger partial charge on any atom is -0.324 e. The van der Waals surface area contributed by atoms with Crippen molar-refractivity contribution in [1.82, 2.24) is 5.32 Å². The lowest BCUT2D eigenvalue weighted by atomic mass is 10.0. The third kappa shape index (κ3) is 4.67. The van der Waals surface area contributed by atoms with Crippen LogP contribution in [0, 0.1) is 5.92 Å². The van der Waals surface area contributed by atoms with Gasteiger partial charge in [0.25, 0.3) is 0 Å². The van der Waals surface area contributed by atoms with Gasteiger partial charge in [0.15, 0.2) is 0 Å². The molecule has 4 heteroatoms. The summed E-state index contributed by atoms with van der Waals surface area (Å²) in [5.74, 6) is 0.483. The lowest BCUT2D eigenvalue weighted by molar-refractivity contribution is -0.115. The molecule has 0 spiro atoms. The van der Waals surface area contributed by atoms with Crippen molar-refractivity contribution < 1.29 is 4.79 Å². The van der Waals surface area contributed by atoms with Gasteiger partial charge in [0.1, 0.15) is 0 Å². The molecule has 0 heterocycles. The molecule has 2 N–H and O–H groups in total. The van der Waals surface area contributed by atoms with E-state index >= 15 is 0 Å². The second-order valence-corrected chi connectivity index (χ2v) is 4.99. The molecule has 1 rings (SSSR count). The lowest BCUT2D eigenvalue weighted by Gasteiger charge is -2.19. The highest BCUT2D eigenvalue weighted by Crippen LogP contribution is 2.20. The molecule has 0 aliphatic rings. The molecule has 2 atom stereocenters. The minimum absolute atomic E-state index is 0.0711. The van der Waals surface area contributed by atoms with Crippen LogP contribution in [0.2, 0.25) is 5.02 Å². The van der Waals surface area contributed by atoms with Crippen LogP contribution in [0.25, 0.3) is 0 Å². The summed E-state index contributed by atoms with van der Waals surface area (Å²) in [7, 11) is 0. The van der Waals surface area contributed by atoms with Gasteiger partial charge >= 0.3 is 0 Å². The molecular formula is C14H21ClN2O. The van der Waals surface area contributed by atoms with E-state index in [9.17, 15) is 4.79 Å². The number of hydrogen-bond donors (Lipinski definition) is 2. The summed E-state index contributed by atoms with van der Waals surface area (Å²) in [5.41, 5.74) is 0.655. The number of carbonyl (C=O) groups excluding carboxylic acids is 1. The van der Waals surface area contributed by atoms with E-state index in [1.54, 1.807) is 12.1 Å². The number of benzene rings is 1. The first-order chi connectivity index (χ1) is 8.54. The first-order valence-corrected chi connectivity index (χ1v) is 6.70. The van der Waals surface area contributed by atoms with E-state index in [1.807, 2.05) is 12.1 Å². The largest absolute Gasteiger partial charge is 0.324 e. The standard InChI is InChI=1S/C14H21ClN2O/c1-4-10(2)11(3)16-9-14(18)17-13-8-6-5-7-12(13)15/h5-8,10-11,16H,4,9H2,1-3H3,(H,17,18). The summed E-state index contributed by atoms with van der Waals surface area (Å²) in [6.45, 7) is 6.71. The molecule has 2 unspecified atom stereocenters. The smallest absolute Gasteiger partial charge is 0.238 e. The van der Waals surface area contributed by atoms with Crippen LogP contribution in [-0.4, -0.2) is 18.5 Å². The Labute approximate surface area is 114 Å². The Bertz CT molecular complexity index is 395. The fourth-order valence-corrected chi connectivity index (χ4v) is 1.75. The molecule has 0 saturated heterocycles. The summed E-state index contributed by atoms with van der Waals surface area (Å²) in [5, 5.41) is 6.56. The van der Waals surface area contributed by atoms with Crippen molar-refractivity contribution >= 4 is 23.2 Å². The maximum Gasteiger partial charge on any atom is 0.238 e. The van der Waals surface area contributed by atoms with E-state index in [1.165, 1.54) is 0 Å². The average molecular weight is 269 g/mol. The van der Waals surface area contributed by atoms with Crippen molar-refractivity contribution in [1.29, 1.82) is 0 Å². The van der Waals surface area contributed by atoms with Crippen LogP contribution in [-0.2, 0) is 4.79 Å². The number of para-hydroxylation sites is 1. The molecule has 1 amide bonds. The Kier molecular flexibility index (Phi) is 6.16. The van der Waals surface area contributed by atoms with Crippen molar-refractivity contribution in [2.45, 2.75) is 33.2 Å². The summed E-state index contributed by atoms with van der Waals surface area (Å²) < 4.78 is 0. The molecule has 3 nitrogen and oxygen atoms in total. The molecule has 1 aromatic carbocycles. The summed E-state index contributed by atoms with van der Waals surface area (Å²) in [4.78, 5) is 11.7. The molecule has 0 bridgehead atoms. The Morgan fingerprint density at radius 2 is 2.00 bits per heavy atom. The van der Waals surface area contributed by atoms with Gasteiger partial charge in [0.2, 0.25) is 5.91 Å². The van der Waals surface area contributed by atoms with Crippen molar-refractivity contribution in [2.24, 2.45) is 5.92 Å². The highest BCUT2D eigenvalue weighted by Gasteiger charge is 2.11. The first-order valence-electron chi connectivity index (χ1n) is 6.32. The molecule has 0 fully saturated rings. The van der Waals surface area contributed by atoms with Crippen LogP contribution in [0.4, 0.5) is 5.69 Å². The van der Waals surface area contributed by atoms with Gasteiger partial charge in [-0.15, -0.1) is 0 Å². The number of hydrogen-bond acceptors (Lipinski definition) is 2. The summed E-state index contributed by atoms with van der Waals surface area (Å²) in [6, 6.07) is 7.55. The van der Waals surface area contributed by atoms with Gasteiger partial charge in [-0.3, -0.25) is 4.79 Å². The number of anilines is 1. The lowest BCUT2D eigenvalue weighted by Crippen LogP contribution is -2.37. The van der Waals surface area contributed by atoms with E-state index in [0.717, 1.165) is 6.42 Å². The molecular weight excluding hydrogens is 248 g/mol. The van der Waals surface area contributed by atoms with Crippen molar-refractivity contribution in [2.75, 3.05) is 11.9 Å². The SMILES string of the molecule is CCC(C)C(C)NCC(=O)Nc1ccccc1Cl. The van der Waals surface area contributed by atoms with E-state index in [0.29, 0.717) is 29.2 Å². The van der Waals surface area contributed by atoms with Crippen molar-refractivity contribution in [3.63, 3.8) is 0 Å². The van der Waals surface area contributed by atoms with Crippen LogP contribution >= 0.6 is 11.6 Å². The molecule has 0 aromatic heterocycles. The molecule has 18 heavy (non-hydrogen) atoms. The third-order valence-electron chi connectivity index (χ3n) is 3.23. The first kappa shape index (κ1) is 15.0. The van der Waals surface area contributed by atoms with Crippen LogP contribution in [0.15, 0.2) is 24.3 Å². The predicted molar refractivity (Wildman–Crippen MR) is 77.0 cm³/mol. The highest BCUT2D eigenvalue weighted by atomic mass is 35.5. The van der Waals surface area contributed by atoms with Gasteiger partial charge in [-0.1, -0.05) is 44.0 Å². The van der Waals surface area contributed by atoms with Gasteiger partial charge < -0.3 is 10.6 Å². The third-order valence-corrected chi connectivity index (χ3v) is 3.56. The van der Waals surface area contributed by atoms with Crippen LogP contribution in [0.3, 0.4) is 0 Å². The maximum atomic E-state index is 11.7. The molecule has 100 valence electrons. The number of halogens is 1. The fraction of sp³-hybridized carbons (Fsp3) is 0.500. The molecule has 0 aliphatic carbocycles. The van der Waals surface area contributed by atoms with Crippen LogP contribution in [0.5, 0.6) is 0 Å². The normalized spacial score (nSPS) is 14.0. The number of nitrogens with one attached hydrogen (secondary N) is 2.